The Balaban J connectivity index is 1.71. The average molecular weight is 240 g/mol. The monoisotopic (exact) mass is 240 g/mol. The largest absolute Gasteiger partial charge is 0.396 e. The third-order valence-corrected chi connectivity index (χ3v) is 4.63. The van der Waals surface area contributed by atoms with Gasteiger partial charge in [0.05, 0.1) is 0 Å². The van der Waals surface area contributed by atoms with Crippen LogP contribution in [-0.2, 0) is 0 Å². The summed E-state index contributed by atoms with van der Waals surface area (Å²) < 4.78 is 0. The molecule has 1 saturated heterocycles. The molecule has 1 aliphatic carbocycles. The van der Waals surface area contributed by atoms with E-state index in [1.54, 1.807) is 0 Å². The van der Waals surface area contributed by atoms with E-state index in [1.807, 2.05) is 0 Å². The summed E-state index contributed by atoms with van der Waals surface area (Å²) in [6, 6.07) is 1.43. The van der Waals surface area contributed by atoms with Crippen molar-refractivity contribution in [2.24, 2.45) is 5.92 Å². The van der Waals surface area contributed by atoms with Crippen molar-refractivity contribution in [3.8, 4) is 0 Å². The fraction of sp³-hybridized carbons (Fsp3) is 1.00. The second-order valence-corrected chi connectivity index (χ2v) is 5.80. The summed E-state index contributed by atoms with van der Waals surface area (Å²) in [7, 11) is 0. The van der Waals surface area contributed by atoms with Gasteiger partial charge in [0.1, 0.15) is 0 Å². The molecule has 2 unspecified atom stereocenters. The summed E-state index contributed by atoms with van der Waals surface area (Å²) in [6.07, 6.45) is 7.85. The van der Waals surface area contributed by atoms with Crippen molar-refractivity contribution in [1.29, 1.82) is 0 Å². The molecule has 0 bridgehead atoms. The van der Waals surface area contributed by atoms with E-state index in [4.69, 9.17) is 5.11 Å². The van der Waals surface area contributed by atoms with Gasteiger partial charge in [-0.15, -0.1) is 0 Å². The fourth-order valence-corrected chi connectivity index (χ4v) is 3.15. The Morgan fingerprint density at radius 3 is 2.76 bits per heavy atom. The first-order valence-corrected chi connectivity index (χ1v) is 7.39. The van der Waals surface area contributed by atoms with Crippen molar-refractivity contribution in [3.63, 3.8) is 0 Å². The minimum atomic E-state index is 0.307. The highest BCUT2D eigenvalue weighted by Crippen LogP contribution is 2.33. The number of hydrogen-bond donors (Lipinski definition) is 2. The lowest BCUT2D eigenvalue weighted by molar-refractivity contribution is 0.0759. The van der Waals surface area contributed by atoms with Gasteiger partial charge in [-0.05, 0) is 58.0 Å². The second kappa shape index (κ2) is 6.72. The SMILES string of the molecule is CC(C1CCC1)N1CCCC(NCCCO)C1. The maximum atomic E-state index is 8.80. The molecule has 0 aromatic rings. The Bertz CT molecular complexity index is 218. The molecular formula is C14H28N2O. The molecule has 0 amide bonds. The van der Waals surface area contributed by atoms with Crippen LogP contribution < -0.4 is 5.32 Å². The number of aliphatic hydroxyl groups excluding tert-OH is 1. The first-order valence-electron chi connectivity index (χ1n) is 7.39. The molecule has 2 N–H and O–H groups in total. The van der Waals surface area contributed by atoms with Gasteiger partial charge in [0.15, 0.2) is 0 Å². The van der Waals surface area contributed by atoms with E-state index in [1.165, 1.54) is 45.2 Å². The van der Waals surface area contributed by atoms with Gasteiger partial charge in [-0.2, -0.15) is 0 Å². The van der Waals surface area contributed by atoms with Gasteiger partial charge in [-0.25, -0.2) is 0 Å². The Morgan fingerprint density at radius 2 is 2.12 bits per heavy atom. The zero-order valence-electron chi connectivity index (χ0n) is 11.2. The molecule has 2 atom stereocenters. The van der Waals surface area contributed by atoms with Crippen molar-refractivity contribution < 1.29 is 5.11 Å². The first kappa shape index (κ1) is 13.3. The van der Waals surface area contributed by atoms with Crippen LogP contribution in [0.5, 0.6) is 0 Å². The highest BCUT2D eigenvalue weighted by Gasteiger charge is 2.31. The molecule has 0 spiro atoms. The van der Waals surface area contributed by atoms with Crippen LogP contribution in [-0.4, -0.2) is 48.3 Å². The summed E-state index contributed by atoms with van der Waals surface area (Å²) in [5.74, 6) is 0.964. The predicted molar refractivity (Wildman–Crippen MR) is 71.1 cm³/mol. The lowest BCUT2D eigenvalue weighted by atomic mass is 9.79. The van der Waals surface area contributed by atoms with Gasteiger partial charge >= 0.3 is 0 Å². The van der Waals surface area contributed by atoms with E-state index in [-0.39, 0.29) is 0 Å². The smallest absolute Gasteiger partial charge is 0.0443 e. The van der Waals surface area contributed by atoms with Crippen molar-refractivity contribution in [2.75, 3.05) is 26.2 Å². The van der Waals surface area contributed by atoms with Gasteiger partial charge in [0, 0.05) is 25.2 Å². The van der Waals surface area contributed by atoms with Crippen molar-refractivity contribution >= 4 is 0 Å². The molecule has 3 heteroatoms. The lowest BCUT2D eigenvalue weighted by Gasteiger charge is -2.43. The van der Waals surface area contributed by atoms with E-state index in [2.05, 4.69) is 17.1 Å². The summed E-state index contributed by atoms with van der Waals surface area (Å²) >= 11 is 0. The van der Waals surface area contributed by atoms with Crippen LogP contribution >= 0.6 is 0 Å². The molecule has 100 valence electrons. The zero-order valence-corrected chi connectivity index (χ0v) is 11.2. The van der Waals surface area contributed by atoms with E-state index in [0.29, 0.717) is 12.6 Å². The van der Waals surface area contributed by atoms with Crippen LogP contribution in [0.15, 0.2) is 0 Å². The molecule has 2 rings (SSSR count). The maximum absolute atomic E-state index is 8.80. The van der Waals surface area contributed by atoms with Gasteiger partial charge < -0.3 is 10.4 Å². The van der Waals surface area contributed by atoms with E-state index in [9.17, 15) is 0 Å². The molecule has 2 fully saturated rings. The lowest BCUT2D eigenvalue weighted by Crippen LogP contribution is -2.51. The number of aliphatic hydroxyl groups is 1. The Labute approximate surface area is 106 Å². The molecule has 1 heterocycles. The molecule has 3 nitrogen and oxygen atoms in total. The highest BCUT2D eigenvalue weighted by atomic mass is 16.3. The Kier molecular flexibility index (Phi) is 5.26. The van der Waals surface area contributed by atoms with Crippen LogP contribution in [0.1, 0.15) is 45.4 Å². The number of piperidine rings is 1. The normalized spacial score (nSPS) is 28.9. The number of likely N-dealkylation sites (tertiary alicyclic amines) is 1. The second-order valence-electron chi connectivity index (χ2n) is 5.80. The molecule has 0 aromatic heterocycles. The number of hydrogen-bond acceptors (Lipinski definition) is 3. The summed E-state index contributed by atoms with van der Waals surface area (Å²) in [4.78, 5) is 2.68. The summed E-state index contributed by atoms with van der Waals surface area (Å²) in [5.41, 5.74) is 0. The summed E-state index contributed by atoms with van der Waals surface area (Å²) in [6.45, 7) is 6.19. The van der Waals surface area contributed by atoms with E-state index >= 15 is 0 Å². The molecule has 0 radical (unpaired) electrons. The Hall–Kier alpha value is -0.120. The molecular weight excluding hydrogens is 212 g/mol. The van der Waals surface area contributed by atoms with Gasteiger partial charge in [0.2, 0.25) is 0 Å². The van der Waals surface area contributed by atoms with Crippen molar-refractivity contribution in [1.82, 2.24) is 10.2 Å². The van der Waals surface area contributed by atoms with Gasteiger partial charge in [-0.1, -0.05) is 6.42 Å². The van der Waals surface area contributed by atoms with Crippen LogP contribution in [0.3, 0.4) is 0 Å². The fourth-order valence-electron chi connectivity index (χ4n) is 3.15. The van der Waals surface area contributed by atoms with E-state index in [0.717, 1.165) is 24.9 Å². The third kappa shape index (κ3) is 3.67. The van der Waals surface area contributed by atoms with Gasteiger partial charge in [-0.3, -0.25) is 4.90 Å². The number of nitrogens with one attached hydrogen (secondary N) is 1. The van der Waals surface area contributed by atoms with Gasteiger partial charge in [0.25, 0.3) is 0 Å². The molecule has 17 heavy (non-hydrogen) atoms. The van der Waals surface area contributed by atoms with Crippen LogP contribution in [0.4, 0.5) is 0 Å². The number of nitrogens with zero attached hydrogens (tertiary/aromatic N) is 1. The summed E-state index contributed by atoms with van der Waals surface area (Å²) in [5, 5.41) is 12.4. The van der Waals surface area contributed by atoms with Crippen LogP contribution in [0.25, 0.3) is 0 Å². The molecule has 0 aromatic carbocycles. The van der Waals surface area contributed by atoms with E-state index < -0.39 is 0 Å². The third-order valence-electron chi connectivity index (χ3n) is 4.63. The Morgan fingerprint density at radius 1 is 1.29 bits per heavy atom. The molecule has 1 aliphatic heterocycles. The topological polar surface area (TPSA) is 35.5 Å². The first-order chi connectivity index (χ1) is 8.31. The standard InChI is InChI=1S/C14H28N2O/c1-12(13-5-2-6-13)16-9-3-7-14(11-16)15-8-4-10-17/h12-15,17H,2-11H2,1H3. The molecule has 1 saturated carbocycles. The minimum Gasteiger partial charge on any atom is -0.396 e. The predicted octanol–water partition coefficient (Wildman–Crippen LogP) is 1.61. The maximum Gasteiger partial charge on any atom is 0.0443 e. The van der Waals surface area contributed by atoms with Crippen molar-refractivity contribution in [3.05, 3.63) is 0 Å². The quantitative estimate of drug-likeness (QED) is 0.692. The van der Waals surface area contributed by atoms with Crippen molar-refractivity contribution in [2.45, 2.75) is 57.5 Å². The highest BCUT2D eigenvalue weighted by molar-refractivity contribution is 4.86. The molecule has 2 aliphatic rings. The average Bonchev–Trinajstić information content (AvgIpc) is 2.27. The van der Waals surface area contributed by atoms with Crippen LogP contribution in [0, 0.1) is 5.92 Å². The minimum absolute atomic E-state index is 0.307. The zero-order chi connectivity index (χ0) is 12.1. The van der Waals surface area contributed by atoms with Crippen LogP contribution in [0.2, 0.25) is 0 Å². The number of rotatable bonds is 6.